The van der Waals surface area contributed by atoms with Gasteiger partial charge in [-0.3, -0.25) is 9.59 Å². The fraction of sp³-hybridized carbons (Fsp3) is 0.481. The number of likely N-dealkylation sites (tertiary alicyclic amines) is 1. The summed E-state index contributed by atoms with van der Waals surface area (Å²) in [6.07, 6.45) is 3.66. The molecular weight excluding hydrogens is 400 g/mol. The van der Waals surface area contributed by atoms with Crippen molar-refractivity contribution in [2.45, 2.75) is 64.8 Å². The van der Waals surface area contributed by atoms with Gasteiger partial charge in [-0.05, 0) is 60.1 Å². The number of hydrogen-bond acceptors (Lipinski definition) is 3. The SMILES string of the molecule is CCCc1ccc(OCC(=O)NC2CCN(C(=O)c3ccc(C(C)(C)C)cc3)CC2)cc1. The molecule has 2 aromatic rings. The van der Waals surface area contributed by atoms with E-state index in [4.69, 9.17) is 4.74 Å². The second-order valence-corrected chi connectivity index (χ2v) is 9.64. The van der Waals surface area contributed by atoms with Crippen molar-refractivity contribution in [2.24, 2.45) is 0 Å². The highest BCUT2D eigenvalue weighted by molar-refractivity contribution is 5.94. The molecule has 32 heavy (non-hydrogen) atoms. The van der Waals surface area contributed by atoms with E-state index in [2.05, 4.69) is 33.0 Å². The maximum absolute atomic E-state index is 12.8. The highest BCUT2D eigenvalue weighted by Crippen LogP contribution is 2.23. The monoisotopic (exact) mass is 436 g/mol. The van der Waals surface area contributed by atoms with Crippen molar-refractivity contribution in [3.63, 3.8) is 0 Å². The molecule has 2 amide bonds. The lowest BCUT2D eigenvalue weighted by molar-refractivity contribution is -0.124. The predicted octanol–water partition coefficient (Wildman–Crippen LogP) is 4.74. The van der Waals surface area contributed by atoms with Gasteiger partial charge < -0.3 is 15.0 Å². The van der Waals surface area contributed by atoms with Crippen molar-refractivity contribution < 1.29 is 14.3 Å². The second-order valence-electron chi connectivity index (χ2n) is 9.64. The number of amides is 2. The van der Waals surface area contributed by atoms with E-state index in [1.807, 2.05) is 53.4 Å². The van der Waals surface area contributed by atoms with Gasteiger partial charge in [0.1, 0.15) is 5.75 Å². The number of nitrogens with zero attached hydrogens (tertiary/aromatic N) is 1. The number of rotatable bonds is 7. The van der Waals surface area contributed by atoms with E-state index >= 15 is 0 Å². The van der Waals surface area contributed by atoms with E-state index in [-0.39, 0.29) is 29.9 Å². The number of piperidine rings is 1. The van der Waals surface area contributed by atoms with Crippen molar-refractivity contribution in [1.29, 1.82) is 0 Å². The number of carbonyl (C=O) groups excluding carboxylic acids is 2. The minimum atomic E-state index is -0.120. The summed E-state index contributed by atoms with van der Waals surface area (Å²) in [6.45, 7) is 9.94. The zero-order valence-electron chi connectivity index (χ0n) is 19.8. The Hall–Kier alpha value is -2.82. The normalized spacial score (nSPS) is 14.8. The number of benzene rings is 2. The fourth-order valence-electron chi connectivity index (χ4n) is 3.98. The highest BCUT2D eigenvalue weighted by Gasteiger charge is 2.25. The molecule has 5 heteroatoms. The van der Waals surface area contributed by atoms with E-state index in [0.29, 0.717) is 18.8 Å². The molecule has 0 unspecified atom stereocenters. The van der Waals surface area contributed by atoms with Crippen LogP contribution in [0.25, 0.3) is 0 Å². The summed E-state index contributed by atoms with van der Waals surface area (Å²) < 4.78 is 5.62. The Morgan fingerprint density at radius 1 is 1.00 bits per heavy atom. The standard InChI is InChI=1S/C27H36N2O3/c1-5-6-20-7-13-24(14-8-20)32-19-25(30)28-23-15-17-29(18-16-23)26(31)21-9-11-22(12-10-21)27(2,3)4/h7-14,23H,5-6,15-19H2,1-4H3,(H,28,30). The Bertz CT molecular complexity index is 890. The summed E-state index contributed by atoms with van der Waals surface area (Å²) in [5, 5.41) is 3.04. The number of ether oxygens (including phenoxy) is 1. The van der Waals surface area contributed by atoms with Crippen molar-refractivity contribution >= 4 is 11.8 Å². The van der Waals surface area contributed by atoms with Gasteiger partial charge in [0.15, 0.2) is 6.61 Å². The first kappa shape index (κ1) is 23.8. The van der Waals surface area contributed by atoms with Gasteiger partial charge in [0.25, 0.3) is 11.8 Å². The van der Waals surface area contributed by atoms with Crippen molar-refractivity contribution in [3.8, 4) is 5.75 Å². The molecule has 0 bridgehead atoms. The molecule has 0 aliphatic carbocycles. The first-order valence-corrected chi connectivity index (χ1v) is 11.7. The van der Waals surface area contributed by atoms with Crippen LogP contribution in [0.4, 0.5) is 0 Å². The predicted molar refractivity (Wildman–Crippen MR) is 128 cm³/mol. The Labute approximate surface area is 192 Å². The number of hydrogen-bond donors (Lipinski definition) is 1. The minimum Gasteiger partial charge on any atom is -0.484 e. The molecule has 0 saturated carbocycles. The molecule has 1 fully saturated rings. The third-order valence-electron chi connectivity index (χ3n) is 5.98. The lowest BCUT2D eigenvalue weighted by Gasteiger charge is -2.32. The van der Waals surface area contributed by atoms with Crippen LogP contribution in [0.1, 0.15) is 68.4 Å². The molecule has 1 saturated heterocycles. The van der Waals surface area contributed by atoms with Crippen LogP contribution in [0.15, 0.2) is 48.5 Å². The molecule has 0 atom stereocenters. The van der Waals surface area contributed by atoms with Crippen molar-refractivity contribution in [2.75, 3.05) is 19.7 Å². The average molecular weight is 437 g/mol. The van der Waals surface area contributed by atoms with Gasteiger partial charge in [-0.25, -0.2) is 0 Å². The molecule has 3 rings (SSSR count). The van der Waals surface area contributed by atoms with Gasteiger partial charge >= 0.3 is 0 Å². The van der Waals surface area contributed by atoms with E-state index in [1.165, 1.54) is 11.1 Å². The van der Waals surface area contributed by atoms with Crippen LogP contribution >= 0.6 is 0 Å². The molecule has 2 aromatic carbocycles. The molecule has 1 aliphatic heterocycles. The van der Waals surface area contributed by atoms with Gasteiger partial charge in [0.05, 0.1) is 0 Å². The second kappa shape index (κ2) is 10.7. The summed E-state index contributed by atoms with van der Waals surface area (Å²) in [6, 6.07) is 15.9. The number of nitrogens with one attached hydrogen (secondary N) is 1. The first-order valence-electron chi connectivity index (χ1n) is 11.7. The zero-order chi connectivity index (χ0) is 23.1. The molecule has 1 heterocycles. The lowest BCUT2D eigenvalue weighted by Crippen LogP contribution is -2.47. The van der Waals surface area contributed by atoms with E-state index in [9.17, 15) is 9.59 Å². The average Bonchev–Trinajstić information content (AvgIpc) is 2.78. The van der Waals surface area contributed by atoms with Crippen LogP contribution in [0.3, 0.4) is 0 Å². The summed E-state index contributed by atoms with van der Waals surface area (Å²) >= 11 is 0. The van der Waals surface area contributed by atoms with Gasteiger partial charge in [-0.1, -0.05) is 58.4 Å². The highest BCUT2D eigenvalue weighted by atomic mass is 16.5. The van der Waals surface area contributed by atoms with E-state index in [0.717, 1.165) is 31.2 Å². The molecule has 172 valence electrons. The number of aryl methyl sites for hydroxylation is 1. The Balaban J connectivity index is 1.42. The zero-order valence-corrected chi connectivity index (χ0v) is 19.8. The maximum atomic E-state index is 12.8. The largest absolute Gasteiger partial charge is 0.484 e. The van der Waals surface area contributed by atoms with Gasteiger partial charge in [0.2, 0.25) is 0 Å². The summed E-state index contributed by atoms with van der Waals surface area (Å²) in [5.41, 5.74) is 3.28. The van der Waals surface area contributed by atoms with Crippen molar-refractivity contribution in [3.05, 3.63) is 65.2 Å². The van der Waals surface area contributed by atoms with Crippen molar-refractivity contribution in [1.82, 2.24) is 10.2 Å². The quantitative estimate of drug-likeness (QED) is 0.682. The van der Waals surface area contributed by atoms with Crippen LogP contribution in [0.5, 0.6) is 5.75 Å². The molecule has 0 radical (unpaired) electrons. The molecule has 0 aromatic heterocycles. The molecule has 1 aliphatic rings. The summed E-state index contributed by atoms with van der Waals surface area (Å²) in [5.74, 6) is 0.646. The third-order valence-corrected chi connectivity index (χ3v) is 5.98. The van der Waals surface area contributed by atoms with Gasteiger partial charge in [0, 0.05) is 24.7 Å². The van der Waals surface area contributed by atoms with Crippen LogP contribution < -0.4 is 10.1 Å². The number of carbonyl (C=O) groups is 2. The van der Waals surface area contributed by atoms with Crippen LogP contribution in [0.2, 0.25) is 0 Å². The van der Waals surface area contributed by atoms with E-state index in [1.54, 1.807) is 0 Å². The topological polar surface area (TPSA) is 58.6 Å². The van der Waals surface area contributed by atoms with Gasteiger partial charge in [-0.15, -0.1) is 0 Å². The van der Waals surface area contributed by atoms with E-state index < -0.39 is 0 Å². The molecule has 5 nitrogen and oxygen atoms in total. The minimum absolute atomic E-state index is 0.00634. The van der Waals surface area contributed by atoms with Crippen LogP contribution in [-0.2, 0) is 16.6 Å². The maximum Gasteiger partial charge on any atom is 0.258 e. The Morgan fingerprint density at radius 2 is 1.62 bits per heavy atom. The Kier molecular flexibility index (Phi) is 7.94. The fourth-order valence-corrected chi connectivity index (χ4v) is 3.98. The summed E-state index contributed by atoms with van der Waals surface area (Å²) in [4.78, 5) is 27.0. The molecular formula is C27H36N2O3. The Morgan fingerprint density at radius 3 is 2.19 bits per heavy atom. The smallest absolute Gasteiger partial charge is 0.258 e. The van der Waals surface area contributed by atoms with Gasteiger partial charge in [-0.2, -0.15) is 0 Å². The van der Waals surface area contributed by atoms with Crippen LogP contribution in [0, 0.1) is 0 Å². The molecule has 0 spiro atoms. The van der Waals surface area contributed by atoms with Crippen LogP contribution in [-0.4, -0.2) is 42.5 Å². The lowest BCUT2D eigenvalue weighted by atomic mass is 9.86. The summed E-state index contributed by atoms with van der Waals surface area (Å²) in [7, 11) is 0. The molecule has 1 N–H and O–H groups in total. The first-order chi connectivity index (χ1) is 15.3. The third kappa shape index (κ3) is 6.59.